The molecule has 0 heterocycles. The molecule has 0 atom stereocenters. The quantitative estimate of drug-likeness (QED) is 0.571. The van der Waals surface area contributed by atoms with Crippen LogP contribution >= 0.6 is 11.6 Å². The van der Waals surface area contributed by atoms with Crippen molar-refractivity contribution in [2.45, 2.75) is 0 Å². The first-order valence-corrected chi connectivity index (χ1v) is 2.80. The Morgan fingerprint density at radius 3 is 1.70 bits per heavy atom. The van der Waals surface area contributed by atoms with Gasteiger partial charge in [0.05, 0.1) is 6.33 Å². The maximum Gasteiger partial charge on any atom is 0.177 e. The molecule has 0 aliphatic carbocycles. The molecule has 0 N–H and O–H groups in total. The Bertz CT molecular complexity index is 127. The fourth-order valence-electron chi connectivity index (χ4n) is 0.0833. The van der Waals surface area contributed by atoms with E-state index < -0.39 is 0 Å². The second-order valence-corrected chi connectivity index (χ2v) is 1.31. The highest BCUT2D eigenvalue weighted by atomic mass is 35.5. The molecule has 0 saturated carbocycles. The fourth-order valence-corrected chi connectivity index (χ4v) is 0.0833. The van der Waals surface area contributed by atoms with Gasteiger partial charge in [0.25, 0.3) is 0 Å². The van der Waals surface area contributed by atoms with Crippen LogP contribution in [0.15, 0.2) is 37.2 Å². The smallest absolute Gasteiger partial charge is 0.177 e. The molecule has 10 heavy (non-hydrogen) atoms. The summed E-state index contributed by atoms with van der Waals surface area (Å²) in [5.41, 5.74) is 0.806. The van der Waals surface area contributed by atoms with Crippen LogP contribution in [0.1, 0.15) is 0 Å². The minimum absolute atomic E-state index is 0.130. The molecule has 0 aromatic carbocycles. The highest BCUT2D eigenvalue weighted by molar-refractivity contribution is 6.25. The van der Waals surface area contributed by atoms with Gasteiger partial charge in [-0.15, -0.1) is 0 Å². The number of hydrogen-bond acceptors (Lipinski definition) is 1. The summed E-state index contributed by atoms with van der Waals surface area (Å²) in [4.78, 5) is 9.94. The van der Waals surface area contributed by atoms with Crippen molar-refractivity contribution in [3.8, 4) is 0 Å². The number of hydrogen-bond donors (Lipinski definition) is 0. The van der Waals surface area contributed by atoms with Gasteiger partial charge in [-0.2, -0.15) is 0 Å². The molecule has 0 unspecified atom stereocenters. The average molecular weight is 163 g/mol. The van der Waals surface area contributed by atoms with Gasteiger partial charge in [-0.25, -0.2) is 4.39 Å². The zero-order valence-corrected chi connectivity index (χ0v) is 6.14. The van der Waals surface area contributed by atoms with Crippen molar-refractivity contribution in [1.29, 1.82) is 0 Å². The molecule has 3 heteroatoms. The molecular formula is C7H8ClFO. The normalized spacial score (nSPS) is 7.80. The first kappa shape index (κ1) is 11.9. The summed E-state index contributed by atoms with van der Waals surface area (Å²) in [5, 5.41) is 0. The van der Waals surface area contributed by atoms with Gasteiger partial charge in [-0.1, -0.05) is 24.8 Å². The molecule has 0 radical (unpaired) electrons. The largest absolute Gasteiger partial charge is 0.290 e. The van der Waals surface area contributed by atoms with Crippen LogP contribution in [0, 0.1) is 0 Å². The average Bonchev–Trinajstić information content (AvgIpc) is 2.03. The Morgan fingerprint density at radius 2 is 1.70 bits per heavy atom. The third-order valence-electron chi connectivity index (χ3n) is 0.450. The summed E-state index contributed by atoms with van der Waals surface area (Å²) in [5.74, 6) is -0.130. The Labute approximate surface area is 64.5 Å². The van der Waals surface area contributed by atoms with Crippen LogP contribution in [0.3, 0.4) is 0 Å². The maximum absolute atomic E-state index is 10.4. The maximum atomic E-state index is 10.4. The molecule has 0 spiro atoms. The summed E-state index contributed by atoms with van der Waals surface area (Å²) >= 11 is 4.63. The lowest BCUT2D eigenvalue weighted by molar-refractivity contribution is -0.110. The first-order valence-electron chi connectivity index (χ1n) is 2.37. The second-order valence-electron chi connectivity index (χ2n) is 1.06. The zero-order chi connectivity index (χ0) is 8.41. The van der Waals surface area contributed by atoms with Gasteiger partial charge in [0.2, 0.25) is 0 Å². The van der Waals surface area contributed by atoms with E-state index in [-0.39, 0.29) is 12.1 Å². The van der Waals surface area contributed by atoms with Crippen LogP contribution < -0.4 is 0 Å². The molecule has 0 rings (SSSR count). The van der Waals surface area contributed by atoms with Gasteiger partial charge in [-0.3, -0.25) is 4.79 Å². The van der Waals surface area contributed by atoms with Crippen molar-refractivity contribution in [3.05, 3.63) is 37.2 Å². The number of halogens is 2. The minimum Gasteiger partial charge on any atom is -0.290 e. The molecule has 56 valence electrons. The van der Waals surface area contributed by atoms with Crippen LogP contribution in [0.4, 0.5) is 4.39 Å². The third kappa shape index (κ3) is 15.7. The summed E-state index contributed by atoms with van der Waals surface area (Å²) in [6.07, 6.45) is 2.70. The van der Waals surface area contributed by atoms with E-state index in [1.807, 2.05) is 0 Å². The molecule has 1 nitrogen and oxygen atoms in total. The van der Waals surface area contributed by atoms with E-state index in [0.29, 0.717) is 0 Å². The zero-order valence-electron chi connectivity index (χ0n) is 5.39. The Kier molecular flexibility index (Phi) is 13.0. The van der Waals surface area contributed by atoms with E-state index in [0.717, 1.165) is 5.54 Å². The Hall–Kier alpha value is -0.890. The fraction of sp³-hybridized carbons (Fsp3) is 0. The molecule has 0 aliphatic rings. The highest BCUT2D eigenvalue weighted by Gasteiger charge is 1.75. The first-order chi connectivity index (χ1) is 4.72. The predicted molar refractivity (Wildman–Crippen MR) is 41.5 cm³/mol. The molecule has 0 bridgehead atoms. The summed E-state index contributed by atoms with van der Waals surface area (Å²) in [6, 6.07) is 0. The lowest BCUT2D eigenvalue weighted by atomic mass is 10.4. The summed E-state index contributed by atoms with van der Waals surface area (Å²) in [7, 11) is 0. The molecule has 0 aromatic rings. The van der Waals surface area contributed by atoms with Crippen LogP contribution in [0.5, 0.6) is 0 Å². The van der Waals surface area contributed by atoms with Gasteiger partial charge in [0, 0.05) is 5.54 Å². The molecular weight excluding hydrogens is 155 g/mol. The Morgan fingerprint density at radius 1 is 1.40 bits per heavy atom. The third-order valence-corrected chi connectivity index (χ3v) is 0.545. The van der Waals surface area contributed by atoms with Crippen molar-refractivity contribution in [2.24, 2.45) is 0 Å². The molecule has 0 saturated heterocycles. The van der Waals surface area contributed by atoms with Gasteiger partial charge in [0.15, 0.2) is 5.78 Å². The molecule has 0 aliphatic heterocycles. The van der Waals surface area contributed by atoms with Crippen molar-refractivity contribution in [3.63, 3.8) is 0 Å². The van der Waals surface area contributed by atoms with E-state index in [1.165, 1.54) is 12.2 Å². The predicted octanol–water partition coefficient (Wildman–Crippen LogP) is 2.59. The van der Waals surface area contributed by atoms with Gasteiger partial charge >= 0.3 is 0 Å². The van der Waals surface area contributed by atoms with Gasteiger partial charge in [-0.05, 0) is 12.2 Å². The standard InChI is InChI=1S/C5H6O.C2H2ClF/c1-3-5(6)4-2;3-1-2-4/h3-4H,1-2H2;1-2H. The number of ketones is 1. The van der Waals surface area contributed by atoms with Crippen LogP contribution in [0.25, 0.3) is 0 Å². The topological polar surface area (TPSA) is 17.1 Å². The van der Waals surface area contributed by atoms with Gasteiger partial charge < -0.3 is 0 Å². The number of allylic oxidation sites excluding steroid dienone is 2. The minimum atomic E-state index is -0.130. The van der Waals surface area contributed by atoms with E-state index >= 15 is 0 Å². The van der Waals surface area contributed by atoms with Crippen LogP contribution in [0.2, 0.25) is 0 Å². The van der Waals surface area contributed by atoms with Gasteiger partial charge in [0.1, 0.15) is 0 Å². The van der Waals surface area contributed by atoms with E-state index in [1.54, 1.807) is 0 Å². The van der Waals surface area contributed by atoms with E-state index in [4.69, 9.17) is 0 Å². The van der Waals surface area contributed by atoms with Crippen LogP contribution in [-0.2, 0) is 4.79 Å². The molecule has 0 fully saturated rings. The lowest BCUT2D eigenvalue weighted by Crippen LogP contribution is -1.78. The summed E-state index contributed by atoms with van der Waals surface area (Å²) in [6.45, 7) is 6.42. The van der Waals surface area contributed by atoms with Crippen molar-refractivity contribution in [2.75, 3.05) is 0 Å². The van der Waals surface area contributed by atoms with Crippen LogP contribution in [-0.4, -0.2) is 5.78 Å². The molecule has 0 amide bonds. The highest BCUT2D eigenvalue weighted by Crippen LogP contribution is 1.73. The van der Waals surface area contributed by atoms with Crippen molar-refractivity contribution >= 4 is 17.4 Å². The number of rotatable bonds is 2. The van der Waals surface area contributed by atoms with Crippen molar-refractivity contribution < 1.29 is 9.18 Å². The second kappa shape index (κ2) is 11.0. The number of carbonyl (C=O) groups excluding carboxylic acids is 1. The Balaban J connectivity index is 0. The van der Waals surface area contributed by atoms with Crippen molar-refractivity contribution in [1.82, 2.24) is 0 Å². The number of carbonyl (C=O) groups is 1. The lowest BCUT2D eigenvalue weighted by Gasteiger charge is -1.68. The van der Waals surface area contributed by atoms with E-state index in [9.17, 15) is 9.18 Å². The van der Waals surface area contributed by atoms with E-state index in [2.05, 4.69) is 24.8 Å². The monoisotopic (exact) mass is 162 g/mol. The molecule has 0 aromatic heterocycles. The SMILES string of the molecule is C=CC(=O)C=C.FC=CCl. The summed E-state index contributed by atoms with van der Waals surface area (Å²) < 4.78 is 10.4.